The molecule has 0 aliphatic carbocycles. The van der Waals surface area contributed by atoms with E-state index in [4.69, 9.17) is 10.00 Å². The van der Waals surface area contributed by atoms with Gasteiger partial charge in [0, 0.05) is 26.2 Å². The van der Waals surface area contributed by atoms with Gasteiger partial charge in [-0.1, -0.05) is 0 Å². The molecule has 0 saturated carbocycles. The highest BCUT2D eigenvalue weighted by Gasteiger charge is 2.42. The largest absolute Gasteiger partial charge is 0.444 e. The smallest absolute Gasteiger partial charge is 0.410 e. The minimum Gasteiger partial charge on any atom is -0.444 e. The summed E-state index contributed by atoms with van der Waals surface area (Å²) < 4.78 is 30.4. The van der Waals surface area contributed by atoms with E-state index in [1.807, 2.05) is 26.8 Å². The van der Waals surface area contributed by atoms with Crippen LogP contribution in [-0.4, -0.2) is 68.4 Å². The average Bonchev–Trinajstić information content (AvgIpc) is 3.19. The topological polar surface area (TPSA) is 90.7 Å². The first-order chi connectivity index (χ1) is 13.6. The molecule has 3 rings (SSSR count). The SMILES string of the molecule is CC(C)(C)OC(=O)N1CC2CN(CCCS(=O)(=O)c3ccc(C#N)cc3)CC2C1. The predicted octanol–water partition coefficient (Wildman–Crippen LogP) is 2.52. The zero-order valence-electron chi connectivity index (χ0n) is 17.3. The van der Waals surface area contributed by atoms with Gasteiger partial charge in [-0.3, -0.25) is 0 Å². The molecule has 0 N–H and O–H groups in total. The number of carbonyl (C=O) groups is 1. The maximum Gasteiger partial charge on any atom is 0.410 e. The van der Waals surface area contributed by atoms with Gasteiger partial charge >= 0.3 is 6.09 Å². The Morgan fingerprint density at radius 2 is 1.72 bits per heavy atom. The first-order valence-corrected chi connectivity index (χ1v) is 11.7. The molecule has 1 aromatic rings. The van der Waals surface area contributed by atoms with Crippen LogP contribution in [0.5, 0.6) is 0 Å². The number of sulfone groups is 1. The van der Waals surface area contributed by atoms with Crippen LogP contribution in [0.4, 0.5) is 4.79 Å². The van der Waals surface area contributed by atoms with Crippen molar-refractivity contribution in [2.24, 2.45) is 11.8 Å². The molecule has 8 heteroatoms. The quantitative estimate of drug-likeness (QED) is 0.728. The minimum absolute atomic E-state index is 0.0920. The van der Waals surface area contributed by atoms with Crippen LogP contribution >= 0.6 is 0 Å². The van der Waals surface area contributed by atoms with E-state index in [0.717, 1.165) is 19.6 Å². The van der Waals surface area contributed by atoms with Crippen molar-refractivity contribution >= 4 is 15.9 Å². The molecule has 1 amide bonds. The number of likely N-dealkylation sites (tertiary alicyclic amines) is 2. The van der Waals surface area contributed by atoms with Gasteiger partial charge in [0.05, 0.1) is 22.3 Å². The summed E-state index contributed by atoms with van der Waals surface area (Å²) in [5, 5.41) is 8.82. The summed E-state index contributed by atoms with van der Waals surface area (Å²) >= 11 is 0. The molecule has 2 unspecified atom stereocenters. The maximum absolute atomic E-state index is 12.5. The number of carbonyl (C=O) groups excluding carboxylic acids is 1. The zero-order chi connectivity index (χ0) is 21.2. The number of nitriles is 1. The van der Waals surface area contributed by atoms with Crippen molar-refractivity contribution in [3.05, 3.63) is 29.8 Å². The molecule has 1 aromatic carbocycles. The summed E-state index contributed by atoms with van der Waals surface area (Å²) in [6, 6.07) is 8.06. The van der Waals surface area contributed by atoms with Crippen molar-refractivity contribution in [3.8, 4) is 6.07 Å². The van der Waals surface area contributed by atoms with Crippen molar-refractivity contribution in [1.82, 2.24) is 9.80 Å². The van der Waals surface area contributed by atoms with E-state index in [2.05, 4.69) is 4.90 Å². The lowest BCUT2D eigenvalue weighted by Crippen LogP contribution is -2.37. The summed E-state index contributed by atoms with van der Waals surface area (Å²) in [5.41, 5.74) is -0.0330. The van der Waals surface area contributed by atoms with Gasteiger partial charge in [0.25, 0.3) is 0 Å². The third kappa shape index (κ3) is 5.49. The zero-order valence-corrected chi connectivity index (χ0v) is 18.1. The van der Waals surface area contributed by atoms with Gasteiger partial charge in [0.2, 0.25) is 0 Å². The second-order valence-corrected chi connectivity index (χ2v) is 11.1. The number of hydrogen-bond acceptors (Lipinski definition) is 6. The highest BCUT2D eigenvalue weighted by molar-refractivity contribution is 7.91. The van der Waals surface area contributed by atoms with Gasteiger partial charge < -0.3 is 14.5 Å². The summed E-state index contributed by atoms with van der Waals surface area (Å²) in [5.74, 6) is 0.949. The highest BCUT2D eigenvalue weighted by atomic mass is 32.2. The molecule has 2 saturated heterocycles. The summed E-state index contributed by atoms with van der Waals surface area (Å²) in [4.78, 5) is 16.6. The fourth-order valence-electron chi connectivity index (χ4n) is 4.08. The van der Waals surface area contributed by atoms with E-state index in [-0.39, 0.29) is 16.7 Å². The third-order valence-corrected chi connectivity index (χ3v) is 7.26. The molecule has 2 atom stereocenters. The Hall–Kier alpha value is -2.11. The minimum atomic E-state index is -3.34. The van der Waals surface area contributed by atoms with Gasteiger partial charge in [0.1, 0.15) is 5.60 Å². The Morgan fingerprint density at radius 1 is 1.14 bits per heavy atom. The van der Waals surface area contributed by atoms with Crippen molar-refractivity contribution < 1.29 is 17.9 Å². The Balaban J connectivity index is 1.44. The van der Waals surface area contributed by atoms with Gasteiger partial charge in [-0.15, -0.1) is 0 Å². The van der Waals surface area contributed by atoms with Crippen molar-refractivity contribution in [3.63, 3.8) is 0 Å². The number of ether oxygens (including phenoxy) is 1. The second-order valence-electron chi connectivity index (χ2n) is 8.97. The molecule has 158 valence electrons. The normalized spacial score (nSPS) is 22.3. The molecule has 0 spiro atoms. The van der Waals surface area contributed by atoms with Crippen LogP contribution in [-0.2, 0) is 14.6 Å². The van der Waals surface area contributed by atoms with E-state index >= 15 is 0 Å². The van der Waals surface area contributed by atoms with E-state index in [1.54, 1.807) is 4.90 Å². The van der Waals surface area contributed by atoms with Crippen molar-refractivity contribution in [2.75, 3.05) is 38.5 Å². The number of amides is 1. The number of fused-ring (bicyclic) bond motifs is 1. The van der Waals surface area contributed by atoms with E-state index < -0.39 is 15.4 Å². The number of benzene rings is 1. The molecule has 0 aromatic heterocycles. The fraction of sp³-hybridized carbons (Fsp3) is 0.619. The number of hydrogen-bond donors (Lipinski definition) is 0. The van der Waals surface area contributed by atoms with E-state index in [9.17, 15) is 13.2 Å². The molecular weight excluding hydrogens is 390 g/mol. The van der Waals surface area contributed by atoms with Crippen molar-refractivity contribution in [1.29, 1.82) is 5.26 Å². The van der Waals surface area contributed by atoms with Crippen LogP contribution in [0.2, 0.25) is 0 Å². The lowest BCUT2D eigenvalue weighted by molar-refractivity contribution is 0.0274. The molecular formula is C21H29N3O4S. The summed E-state index contributed by atoms with van der Waals surface area (Å²) in [6.07, 6.45) is 0.323. The van der Waals surface area contributed by atoms with Crippen LogP contribution in [0.1, 0.15) is 32.8 Å². The second kappa shape index (κ2) is 8.33. The Morgan fingerprint density at radius 3 is 2.24 bits per heavy atom. The molecule has 0 radical (unpaired) electrons. The van der Waals surface area contributed by atoms with E-state index in [0.29, 0.717) is 36.9 Å². The van der Waals surface area contributed by atoms with Crippen molar-refractivity contribution in [2.45, 2.75) is 37.7 Å². The fourth-order valence-corrected chi connectivity index (χ4v) is 5.38. The van der Waals surface area contributed by atoms with Crippen LogP contribution < -0.4 is 0 Å². The molecule has 7 nitrogen and oxygen atoms in total. The summed E-state index contributed by atoms with van der Waals surface area (Å²) in [7, 11) is -3.34. The maximum atomic E-state index is 12.5. The molecule has 2 aliphatic rings. The Kier molecular flexibility index (Phi) is 6.20. The molecule has 0 bridgehead atoms. The molecule has 29 heavy (non-hydrogen) atoms. The highest BCUT2D eigenvalue weighted by Crippen LogP contribution is 2.32. The summed E-state index contributed by atoms with van der Waals surface area (Å²) in [6.45, 7) is 9.54. The molecule has 2 aliphatic heterocycles. The number of rotatable bonds is 5. The van der Waals surface area contributed by atoms with Crippen LogP contribution in [0.25, 0.3) is 0 Å². The molecule has 2 heterocycles. The average molecular weight is 420 g/mol. The lowest BCUT2D eigenvalue weighted by Gasteiger charge is -2.26. The van der Waals surface area contributed by atoms with Gasteiger partial charge in [-0.2, -0.15) is 5.26 Å². The standard InChI is InChI=1S/C21H29N3O4S/c1-21(2,3)28-20(25)24-14-17-12-23(13-18(17)15-24)9-4-10-29(26,27)19-7-5-16(11-22)6-8-19/h5-8,17-18H,4,9-10,12-15H2,1-3H3. The monoisotopic (exact) mass is 419 g/mol. The predicted molar refractivity (Wildman–Crippen MR) is 109 cm³/mol. The van der Waals surface area contributed by atoms with Gasteiger partial charge in [0.15, 0.2) is 9.84 Å². The van der Waals surface area contributed by atoms with Crippen LogP contribution in [0.3, 0.4) is 0 Å². The first-order valence-electron chi connectivity index (χ1n) is 10.0. The van der Waals surface area contributed by atoms with Gasteiger partial charge in [-0.25, -0.2) is 13.2 Å². The van der Waals surface area contributed by atoms with Gasteiger partial charge in [-0.05, 0) is 69.8 Å². The first kappa shape index (κ1) is 21.6. The third-order valence-electron chi connectivity index (χ3n) is 5.44. The Bertz CT molecular complexity index is 870. The number of nitrogens with zero attached hydrogens (tertiary/aromatic N) is 3. The van der Waals surface area contributed by atoms with Crippen LogP contribution in [0, 0.1) is 23.2 Å². The Labute approximate surface area is 173 Å². The lowest BCUT2D eigenvalue weighted by atomic mass is 10.0. The molecule has 2 fully saturated rings. The van der Waals surface area contributed by atoms with Crippen LogP contribution in [0.15, 0.2) is 29.2 Å². The van der Waals surface area contributed by atoms with E-state index in [1.165, 1.54) is 24.3 Å².